The van der Waals surface area contributed by atoms with Crippen LogP contribution < -0.4 is 11.0 Å². The topological polar surface area (TPSA) is 62.7 Å². The average Bonchev–Trinajstić information content (AvgIpc) is 2.51. The maximum absolute atomic E-state index is 11.5. The van der Waals surface area contributed by atoms with E-state index in [2.05, 4.69) is 15.3 Å². The van der Waals surface area contributed by atoms with E-state index in [1.165, 1.54) is 0 Å². The van der Waals surface area contributed by atoms with Crippen LogP contribution in [0.5, 0.6) is 0 Å². The molecule has 0 aliphatic heterocycles. The normalized spacial score (nSPS) is 10.9. The SMILES string of the molecule is CNCCn1c(=O)[nH]c2cnccc21. The number of nitrogens with zero attached hydrogens (tertiary/aromatic N) is 2. The van der Waals surface area contributed by atoms with Gasteiger partial charge in [-0.1, -0.05) is 0 Å². The van der Waals surface area contributed by atoms with Crippen molar-refractivity contribution in [2.75, 3.05) is 13.6 Å². The third-order valence-electron chi connectivity index (χ3n) is 2.16. The molecule has 0 fully saturated rings. The van der Waals surface area contributed by atoms with Crippen molar-refractivity contribution in [3.8, 4) is 0 Å². The highest BCUT2D eigenvalue weighted by atomic mass is 16.1. The van der Waals surface area contributed by atoms with Gasteiger partial charge in [-0.25, -0.2) is 4.79 Å². The van der Waals surface area contributed by atoms with Gasteiger partial charge in [0, 0.05) is 19.3 Å². The fraction of sp³-hybridized carbons (Fsp3) is 0.333. The van der Waals surface area contributed by atoms with E-state index in [0.717, 1.165) is 17.6 Å². The molecule has 2 N–H and O–H groups in total. The minimum absolute atomic E-state index is 0.0803. The Kier molecular flexibility index (Phi) is 2.32. The third kappa shape index (κ3) is 1.42. The lowest BCUT2D eigenvalue weighted by Crippen LogP contribution is -2.23. The minimum atomic E-state index is -0.0803. The van der Waals surface area contributed by atoms with Crippen molar-refractivity contribution in [1.29, 1.82) is 0 Å². The van der Waals surface area contributed by atoms with Crippen LogP contribution in [0.25, 0.3) is 11.0 Å². The Morgan fingerprint density at radius 1 is 1.64 bits per heavy atom. The third-order valence-corrected chi connectivity index (χ3v) is 2.16. The fourth-order valence-electron chi connectivity index (χ4n) is 1.46. The Bertz CT molecular complexity index is 485. The van der Waals surface area contributed by atoms with E-state index >= 15 is 0 Å². The first-order valence-corrected chi connectivity index (χ1v) is 4.50. The van der Waals surface area contributed by atoms with Gasteiger partial charge in [0.2, 0.25) is 0 Å². The molecule has 0 saturated carbocycles. The first-order chi connectivity index (χ1) is 6.83. The highest BCUT2D eigenvalue weighted by molar-refractivity contribution is 5.73. The number of hydrogen-bond acceptors (Lipinski definition) is 3. The van der Waals surface area contributed by atoms with Gasteiger partial charge in [0.1, 0.15) is 0 Å². The summed E-state index contributed by atoms with van der Waals surface area (Å²) in [5.41, 5.74) is 1.61. The molecule has 0 unspecified atom stereocenters. The van der Waals surface area contributed by atoms with Crippen LogP contribution in [-0.4, -0.2) is 28.1 Å². The van der Waals surface area contributed by atoms with Crippen molar-refractivity contribution < 1.29 is 0 Å². The second kappa shape index (κ2) is 3.63. The predicted molar refractivity (Wildman–Crippen MR) is 54.3 cm³/mol. The average molecular weight is 192 g/mol. The Hall–Kier alpha value is -1.62. The zero-order valence-electron chi connectivity index (χ0n) is 7.95. The summed E-state index contributed by atoms with van der Waals surface area (Å²) in [6.45, 7) is 1.44. The molecule has 74 valence electrons. The molecule has 0 spiro atoms. The molecule has 2 heterocycles. The molecule has 0 aromatic carbocycles. The number of pyridine rings is 1. The lowest BCUT2D eigenvalue weighted by Gasteiger charge is -2.01. The summed E-state index contributed by atoms with van der Waals surface area (Å²) in [4.78, 5) is 18.2. The Morgan fingerprint density at radius 3 is 3.29 bits per heavy atom. The highest BCUT2D eigenvalue weighted by Gasteiger charge is 2.04. The maximum Gasteiger partial charge on any atom is 0.326 e. The molecule has 5 heteroatoms. The number of fused-ring (bicyclic) bond motifs is 1. The predicted octanol–water partition coefficient (Wildman–Crippen LogP) is -0.0560. The van der Waals surface area contributed by atoms with Crippen molar-refractivity contribution in [3.63, 3.8) is 0 Å². The van der Waals surface area contributed by atoms with Gasteiger partial charge in [0.25, 0.3) is 0 Å². The molecular weight excluding hydrogens is 180 g/mol. The molecule has 2 aromatic heterocycles. The van der Waals surface area contributed by atoms with Crippen LogP contribution >= 0.6 is 0 Å². The van der Waals surface area contributed by atoms with Crippen LogP contribution in [0.4, 0.5) is 0 Å². The number of rotatable bonds is 3. The Balaban J connectivity index is 2.51. The molecule has 0 amide bonds. The molecule has 0 bridgehead atoms. The Morgan fingerprint density at radius 2 is 2.50 bits per heavy atom. The summed E-state index contributed by atoms with van der Waals surface area (Å²) in [7, 11) is 1.86. The number of likely N-dealkylation sites (N-methyl/N-ethyl adjacent to an activating group) is 1. The second-order valence-corrected chi connectivity index (χ2v) is 3.08. The highest BCUT2D eigenvalue weighted by Crippen LogP contribution is 2.06. The van der Waals surface area contributed by atoms with Crippen LogP contribution in [0, 0.1) is 0 Å². The first-order valence-electron chi connectivity index (χ1n) is 4.50. The van der Waals surface area contributed by atoms with Crippen molar-refractivity contribution in [2.45, 2.75) is 6.54 Å². The van der Waals surface area contributed by atoms with Crippen LogP contribution in [0.3, 0.4) is 0 Å². The summed E-state index contributed by atoms with van der Waals surface area (Å²) < 4.78 is 1.70. The molecule has 0 atom stereocenters. The number of nitrogens with one attached hydrogen (secondary N) is 2. The standard InChI is InChI=1S/C9H12N4O/c1-10-4-5-13-8-2-3-11-6-7(8)12-9(13)14/h2-3,6,10H,4-5H2,1H3,(H,12,14). The first kappa shape index (κ1) is 8.96. The van der Waals surface area contributed by atoms with Gasteiger partial charge in [-0.3, -0.25) is 9.55 Å². The quantitative estimate of drug-likeness (QED) is 0.716. The van der Waals surface area contributed by atoms with Gasteiger partial charge in [-0.2, -0.15) is 0 Å². The molecule has 5 nitrogen and oxygen atoms in total. The second-order valence-electron chi connectivity index (χ2n) is 3.08. The molecule has 0 saturated heterocycles. The summed E-state index contributed by atoms with van der Waals surface area (Å²) in [5.74, 6) is 0. The van der Waals surface area contributed by atoms with Gasteiger partial charge in [-0.15, -0.1) is 0 Å². The van der Waals surface area contributed by atoms with Gasteiger partial charge < -0.3 is 10.3 Å². The van der Waals surface area contributed by atoms with Crippen molar-refractivity contribution in [3.05, 3.63) is 28.9 Å². The summed E-state index contributed by atoms with van der Waals surface area (Å²) in [6.07, 6.45) is 3.35. The number of imidazole rings is 1. The van der Waals surface area contributed by atoms with Gasteiger partial charge in [0.15, 0.2) is 0 Å². The van der Waals surface area contributed by atoms with Crippen LogP contribution in [0.15, 0.2) is 23.3 Å². The lowest BCUT2D eigenvalue weighted by atomic mass is 10.4. The van der Waals surface area contributed by atoms with E-state index in [1.807, 2.05) is 13.1 Å². The zero-order chi connectivity index (χ0) is 9.97. The summed E-state index contributed by atoms with van der Waals surface area (Å²) in [5, 5.41) is 3.01. The molecule has 0 aliphatic carbocycles. The molecule has 2 aromatic rings. The monoisotopic (exact) mass is 192 g/mol. The fourth-order valence-corrected chi connectivity index (χ4v) is 1.46. The molecule has 0 aliphatic rings. The van der Waals surface area contributed by atoms with Crippen molar-refractivity contribution in [1.82, 2.24) is 19.9 Å². The smallest absolute Gasteiger partial charge is 0.318 e. The van der Waals surface area contributed by atoms with Gasteiger partial charge >= 0.3 is 5.69 Å². The van der Waals surface area contributed by atoms with Crippen molar-refractivity contribution >= 4 is 11.0 Å². The van der Waals surface area contributed by atoms with E-state index in [-0.39, 0.29) is 5.69 Å². The van der Waals surface area contributed by atoms with Crippen LogP contribution in [-0.2, 0) is 6.54 Å². The summed E-state index contributed by atoms with van der Waals surface area (Å²) in [6, 6.07) is 1.84. The maximum atomic E-state index is 11.5. The molecule has 2 rings (SSSR count). The van der Waals surface area contributed by atoms with E-state index in [1.54, 1.807) is 17.0 Å². The van der Waals surface area contributed by atoms with E-state index in [4.69, 9.17) is 0 Å². The molecular formula is C9H12N4O. The summed E-state index contributed by atoms with van der Waals surface area (Å²) >= 11 is 0. The number of aromatic nitrogens is 3. The van der Waals surface area contributed by atoms with Crippen LogP contribution in [0.2, 0.25) is 0 Å². The van der Waals surface area contributed by atoms with E-state index in [9.17, 15) is 4.79 Å². The number of aromatic amines is 1. The molecule has 0 radical (unpaired) electrons. The van der Waals surface area contributed by atoms with E-state index < -0.39 is 0 Å². The van der Waals surface area contributed by atoms with Gasteiger partial charge in [-0.05, 0) is 13.1 Å². The minimum Gasteiger partial charge on any atom is -0.318 e. The van der Waals surface area contributed by atoms with Crippen LogP contribution in [0.1, 0.15) is 0 Å². The Labute approximate surface area is 80.8 Å². The number of hydrogen-bond donors (Lipinski definition) is 2. The van der Waals surface area contributed by atoms with E-state index in [0.29, 0.717) is 6.54 Å². The largest absolute Gasteiger partial charge is 0.326 e. The number of H-pyrrole nitrogens is 1. The van der Waals surface area contributed by atoms with Gasteiger partial charge in [0.05, 0.1) is 17.2 Å². The molecule has 14 heavy (non-hydrogen) atoms. The lowest BCUT2D eigenvalue weighted by molar-refractivity contribution is 0.642. The van der Waals surface area contributed by atoms with Crippen molar-refractivity contribution in [2.24, 2.45) is 0 Å². The zero-order valence-corrected chi connectivity index (χ0v) is 7.95.